The Hall–Kier alpha value is -2.81. The summed E-state index contributed by atoms with van der Waals surface area (Å²) in [5, 5.41) is 17.2. The van der Waals surface area contributed by atoms with Crippen molar-refractivity contribution in [3.8, 4) is 0 Å². The first-order valence-corrected chi connectivity index (χ1v) is 7.92. The van der Waals surface area contributed by atoms with Gasteiger partial charge in [0.15, 0.2) is 0 Å². The van der Waals surface area contributed by atoms with Gasteiger partial charge in [-0.1, -0.05) is 0 Å². The van der Waals surface area contributed by atoms with E-state index in [4.69, 9.17) is 4.74 Å². The predicted octanol–water partition coefficient (Wildman–Crippen LogP) is 1.39. The molecule has 134 valence electrons. The van der Waals surface area contributed by atoms with E-state index in [2.05, 4.69) is 15.8 Å². The number of ether oxygens (including phenoxy) is 1. The number of carbonyl (C=O) groups is 2. The molecule has 0 unspecified atom stereocenters. The number of rotatable bonds is 7. The number of carbonyl (C=O) groups excluding carboxylic acids is 2. The van der Waals surface area contributed by atoms with Gasteiger partial charge in [-0.2, -0.15) is 5.10 Å². The molecule has 9 heteroatoms. The molecule has 1 saturated heterocycles. The van der Waals surface area contributed by atoms with Crippen molar-refractivity contribution in [1.29, 1.82) is 0 Å². The molecule has 2 amide bonds. The maximum absolute atomic E-state index is 11.9. The molecule has 1 aromatic rings. The van der Waals surface area contributed by atoms with Gasteiger partial charge in [0.05, 0.1) is 17.4 Å². The van der Waals surface area contributed by atoms with Crippen LogP contribution in [0.5, 0.6) is 0 Å². The minimum Gasteiger partial charge on any atom is -0.376 e. The minimum absolute atomic E-state index is 0.0628. The van der Waals surface area contributed by atoms with Crippen molar-refractivity contribution in [3.05, 3.63) is 39.9 Å². The van der Waals surface area contributed by atoms with Crippen LogP contribution in [0.2, 0.25) is 0 Å². The summed E-state index contributed by atoms with van der Waals surface area (Å²) in [6.45, 7) is 2.83. The molecule has 2 N–H and O–H groups in total. The van der Waals surface area contributed by atoms with Crippen molar-refractivity contribution in [3.63, 3.8) is 0 Å². The van der Waals surface area contributed by atoms with E-state index in [1.54, 1.807) is 6.92 Å². The lowest BCUT2D eigenvalue weighted by Gasteiger charge is -2.10. The molecule has 9 nitrogen and oxygen atoms in total. The van der Waals surface area contributed by atoms with Crippen molar-refractivity contribution in [1.82, 2.24) is 10.7 Å². The van der Waals surface area contributed by atoms with Crippen molar-refractivity contribution in [2.75, 3.05) is 13.2 Å². The molecule has 0 spiro atoms. The summed E-state index contributed by atoms with van der Waals surface area (Å²) in [5.41, 5.74) is 2.91. The molecule has 1 heterocycles. The van der Waals surface area contributed by atoms with Crippen molar-refractivity contribution in [2.24, 2.45) is 5.10 Å². The van der Waals surface area contributed by atoms with E-state index < -0.39 is 10.8 Å². The topological polar surface area (TPSA) is 123 Å². The van der Waals surface area contributed by atoms with E-state index in [0.29, 0.717) is 12.3 Å². The van der Waals surface area contributed by atoms with E-state index in [0.717, 1.165) is 19.4 Å². The van der Waals surface area contributed by atoms with Crippen LogP contribution in [-0.2, 0) is 9.53 Å². The lowest BCUT2D eigenvalue weighted by molar-refractivity contribution is -0.384. The summed E-state index contributed by atoms with van der Waals surface area (Å²) in [5.74, 6) is -0.699. The molecular weight excluding hydrogens is 328 g/mol. The van der Waals surface area contributed by atoms with Crippen molar-refractivity contribution in [2.45, 2.75) is 32.3 Å². The number of hydrogen-bond donors (Lipinski definition) is 2. The van der Waals surface area contributed by atoms with Crippen LogP contribution in [0.15, 0.2) is 29.4 Å². The highest BCUT2D eigenvalue weighted by atomic mass is 16.6. The molecular formula is C16H20N4O5. The second-order valence-electron chi connectivity index (χ2n) is 5.71. The third-order valence-corrected chi connectivity index (χ3v) is 3.66. The number of nitrogens with zero attached hydrogens (tertiary/aromatic N) is 2. The molecule has 0 aliphatic carbocycles. The predicted molar refractivity (Wildman–Crippen MR) is 90.3 cm³/mol. The summed E-state index contributed by atoms with van der Waals surface area (Å²) in [6, 6.07) is 5.16. The molecule has 0 radical (unpaired) electrons. The average Bonchev–Trinajstić information content (AvgIpc) is 3.11. The number of nitrogens with one attached hydrogen (secondary N) is 2. The Morgan fingerprint density at radius 3 is 2.68 bits per heavy atom. The van der Waals surface area contributed by atoms with Gasteiger partial charge in [-0.05, 0) is 31.9 Å². The Morgan fingerprint density at radius 1 is 1.36 bits per heavy atom. The first kappa shape index (κ1) is 18.5. The zero-order chi connectivity index (χ0) is 18.2. The number of amides is 2. The van der Waals surface area contributed by atoms with Gasteiger partial charge in [0, 0.05) is 36.6 Å². The molecule has 0 saturated carbocycles. The molecule has 25 heavy (non-hydrogen) atoms. The van der Waals surface area contributed by atoms with Crippen LogP contribution in [0.1, 0.15) is 36.5 Å². The van der Waals surface area contributed by atoms with Gasteiger partial charge in [0.25, 0.3) is 11.6 Å². The fourth-order valence-corrected chi connectivity index (χ4v) is 2.31. The Kier molecular flexibility index (Phi) is 6.58. The summed E-state index contributed by atoms with van der Waals surface area (Å²) in [6.07, 6.45) is 2.09. The zero-order valence-corrected chi connectivity index (χ0v) is 13.9. The fourth-order valence-electron chi connectivity index (χ4n) is 2.31. The third-order valence-electron chi connectivity index (χ3n) is 3.66. The molecule has 2 rings (SSSR count). The van der Waals surface area contributed by atoms with Crippen LogP contribution in [0.25, 0.3) is 0 Å². The standard InChI is InChI=1S/C16H20N4O5/c1-11(9-15(21)17-10-14-3-2-8-25-14)18-19-16(22)12-4-6-13(7-5-12)20(23)24/h4-7,14H,2-3,8-10H2,1H3,(H,17,21)(H,19,22)/b18-11-/t14-/m1/s1. The lowest BCUT2D eigenvalue weighted by Crippen LogP contribution is -2.33. The first-order valence-electron chi connectivity index (χ1n) is 7.92. The highest BCUT2D eigenvalue weighted by molar-refractivity contribution is 6.01. The average molecular weight is 348 g/mol. The highest BCUT2D eigenvalue weighted by Gasteiger charge is 2.16. The van der Waals surface area contributed by atoms with E-state index in [-0.39, 0.29) is 29.7 Å². The highest BCUT2D eigenvalue weighted by Crippen LogP contribution is 2.12. The van der Waals surface area contributed by atoms with Crippen molar-refractivity contribution >= 4 is 23.2 Å². The van der Waals surface area contributed by atoms with E-state index in [1.807, 2.05) is 0 Å². The maximum atomic E-state index is 11.9. The summed E-state index contributed by atoms with van der Waals surface area (Å²) in [4.78, 5) is 33.7. The van der Waals surface area contributed by atoms with Crippen molar-refractivity contribution < 1.29 is 19.2 Å². The summed E-state index contributed by atoms with van der Waals surface area (Å²) < 4.78 is 5.42. The van der Waals surface area contributed by atoms with Gasteiger partial charge in [0.2, 0.25) is 5.91 Å². The number of non-ortho nitro benzene ring substituents is 1. The SMILES string of the molecule is C/C(CC(=O)NC[C@H]1CCCO1)=N/NC(=O)c1ccc([N+](=O)[O-])cc1. The van der Waals surface area contributed by atoms with Gasteiger partial charge < -0.3 is 10.1 Å². The summed E-state index contributed by atoms with van der Waals surface area (Å²) >= 11 is 0. The van der Waals surface area contributed by atoms with Crippen LogP contribution >= 0.6 is 0 Å². The second-order valence-corrected chi connectivity index (χ2v) is 5.71. The van der Waals surface area contributed by atoms with Gasteiger partial charge in [-0.3, -0.25) is 19.7 Å². The van der Waals surface area contributed by atoms with Crippen LogP contribution in [0.3, 0.4) is 0 Å². The van der Waals surface area contributed by atoms with Gasteiger partial charge in [-0.25, -0.2) is 5.43 Å². The molecule has 0 aromatic heterocycles. The minimum atomic E-state index is -0.542. The molecule has 0 bridgehead atoms. The Labute approximate surface area is 144 Å². The zero-order valence-electron chi connectivity index (χ0n) is 13.9. The number of nitro groups is 1. The number of nitro benzene ring substituents is 1. The molecule has 1 aliphatic rings. The van der Waals surface area contributed by atoms with Gasteiger partial charge in [0.1, 0.15) is 0 Å². The fraction of sp³-hybridized carbons (Fsp3) is 0.438. The van der Waals surface area contributed by atoms with Crippen LogP contribution in [0.4, 0.5) is 5.69 Å². The summed E-state index contributed by atoms with van der Waals surface area (Å²) in [7, 11) is 0. The van der Waals surface area contributed by atoms with E-state index in [1.165, 1.54) is 24.3 Å². The molecule has 1 aliphatic heterocycles. The normalized spacial score (nSPS) is 17.2. The number of benzene rings is 1. The Bertz CT molecular complexity index is 666. The molecule has 1 atom stereocenters. The Morgan fingerprint density at radius 2 is 2.08 bits per heavy atom. The number of hydrazone groups is 1. The monoisotopic (exact) mass is 348 g/mol. The Balaban J connectivity index is 1.77. The molecule has 1 aromatic carbocycles. The first-order chi connectivity index (χ1) is 12.0. The largest absolute Gasteiger partial charge is 0.376 e. The smallest absolute Gasteiger partial charge is 0.271 e. The van der Waals surface area contributed by atoms with Crippen LogP contribution in [0, 0.1) is 10.1 Å². The van der Waals surface area contributed by atoms with Crippen LogP contribution < -0.4 is 10.7 Å². The van der Waals surface area contributed by atoms with Crippen LogP contribution in [-0.4, -0.2) is 41.7 Å². The quantitative estimate of drug-likeness (QED) is 0.438. The van der Waals surface area contributed by atoms with Gasteiger partial charge in [-0.15, -0.1) is 0 Å². The lowest BCUT2D eigenvalue weighted by atomic mass is 10.2. The number of hydrogen-bond acceptors (Lipinski definition) is 6. The van der Waals surface area contributed by atoms with Gasteiger partial charge >= 0.3 is 0 Å². The van der Waals surface area contributed by atoms with E-state index >= 15 is 0 Å². The molecule has 1 fully saturated rings. The van der Waals surface area contributed by atoms with E-state index in [9.17, 15) is 19.7 Å². The third kappa shape index (κ3) is 5.96. The maximum Gasteiger partial charge on any atom is 0.271 e. The second kappa shape index (κ2) is 8.88.